The zero-order chi connectivity index (χ0) is 23.6. The van der Waals surface area contributed by atoms with E-state index in [0.717, 1.165) is 21.8 Å². The molecule has 0 aromatic carbocycles. The maximum absolute atomic E-state index is 12.7. The summed E-state index contributed by atoms with van der Waals surface area (Å²) in [6.45, 7) is 3.15. The minimum Gasteiger partial charge on any atom is -0.477 e. The third kappa shape index (κ3) is 4.60. The molecule has 3 heterocycles. The number of oxime groups is 1. The quantitative estimate of drug-likeness (QED) is 0.104. The van der Waals surface area contributed by atoms with Crippen molar-refractivity contribution in [2.75, 3.05) is 18.1 Å². The van der Waals surface area contributed by atoms with Gasteiger partial charge in [0.25, 0.3) is 11.8 Å². The van der Waals surface area contributed by atoms with Gasteiger partial charge in [-0.1, -0.05) is 22.1 Å². The van der Waals surface area contributed by atoms with Crippen molar-refractivity contribution in [2.45, 2.75) is 25.3 Å². The third-order valence-electron chi connectivity index (χ3n) is 4.40. The number of nitrogens with two attached hydrogens (primary N) is 1. The van der Waals surface area contributed by atoms with E-state index >= 15 is 0 Å². The summed E-state index contributed by atoms with van der Waals surface area (Å²) in [5.74, 6) is -3.27. The Balaban J connectivity index is 1.73. The predicted octanol–water partition coefficient (Wildman–Crippen LogP) is 0.152. The molecule has 12 nitrogen and oxygen atoms in total. The van der Waals surface area contributed by atoms with E-state index in [1.807, 2.05) is 0 Å². The smallest absolute Gasteiger partial charge is 0.352 e. The number of carbonyl (C=O) groups is 4. The van der Waals surface area contributed by atoms with Crippen LogP contribution >= 0.6 is 23.1 Å². The number of rotatable bonds is 7. The number of nitrogen functional groups attached to an aromatic ring is 1. The van der Waals surface area contributed by atoms with Crippen LogP contribution in [0, 0.1) is 0 Å². The number of hydrogen-bond donors (Lipinski definition) is 4. The molecule has 0 unspecified atom stereocenters. The normalized spacial score (nSPS) is 20.2. The maximum Gasteiger partial charge on any atom is 0.352 e. The first kappa shape index (κ1) is 23.3. The average molecular weight is 482 g/mol. The fourth-order valence-electron chi connectivity index (χ4n) is 3.04. The number of hydrogen-bond acceptors (Lipinski definition) is 11. The van der Waals surface area contributed by atoms with Crippen molar-refractivity contribution in [3.63, 3.8) is 0 Å². The van der Waals surface area contributed by atoms with Crippen LogP contribution in [0.15, 0.2) is 34.3 Å². The molecule has 2 aliphatic rings. The molecule has 1 saturated heterocycles. The van der Waals surface area contributed by atoms with Gasteiger partial charge in [-0.25, -0.2) is 14.6 Å². The van der Waals surface area contributed by atoms with Gasteiger partial charge in [-0.2, -0.15) is 0 Å². The lowest BCUT2D eigenvalue weighted by Crippen LogP contribution is -2.71. The number of thiazole rings is 1. The van der Waals surface area contributed by atoms with Crippen LogP contribution in [-0.4, -0.2) is 73.4 Å². The topological polar surface area (TPSA) is 185 Å². The molecular formula is C18H19N5O7S2. The summed E-state index contributed by atoms with van der Waals surface area (Å²) >= 11 is 2.14. The summed E-state index contributed by atoms with van der Waals surface area (Å²) in [5.41, 5.74) is 5.87. The van der Waals surface area contributed by atoms with E-state index < -0.39 is 35.2 Å². The Kier molecular flexibility index (Phi) is 6.84. The molecule has 0 spiro atoms. The Morgan fingerprint density at radius 2 is 2.16 bits per heavy atom. The molecule has 2 aliphatic heterocycles. The summed E-state index contributed by atoms with van der Waals surface area (Å²) in [4.78, 5) is 53.8. The van der Waals surface area contributed by atoms with Gasteiger partial charge in [0.2, 0.25) is 0 Å². The second-order valence-electron chi connectivity index (χ2n) is 6.96. The second kappa shape index (κ2) is 9.40. The van der Waals surface area contributed by atoms with Gasteiger partial charge in [-0.15, -0.1) is 11.8 Å². The molecule has 0 aliphatic carbocycles. The number of thioether (sulfide) groups is 1. The molecule has 170 valence electrons. The van der Waals surface area contributed by atoms with E-state index in [0.29, 0.717) is 0 Å². The lowest BCUT2D eigenvalue weighted by atomic mass is 10.0. The average Bonchev–Trinajstić information content (AvgIpc) is 3.15. The van der Waals surface area contributed by atoms with E-state index in [4.69, 9.17) is 10.5 Å². The van der Waals surface area contributed by atoms with E-state index in [1.54, 1.807) is 13.8 Å². The number of aromatic nitrogens is 1. The van der Waals surface area contributed by atoms with E-state index in [1.165, 1.54) is 24.0 Å². The van der Waals surface area contributed by atoms with Crippen LogP contribution in [0.25, 0.3) is 0 Å². The molecule has 1 aromatic heterocycles. The van der Waals surface area contributed by atoms with Gasteiger partial charge in [0, 0.05) is 23.6 Å². The van der Waals surface area contributed by atoms with Gasteiger partial charge in [0.05, 0.1) is 4.88 Å². The van der Waals surface area contributed by atoms with Crippen molar-refractivity contribution in [1.29, 1.82) is 0 Å². The van der Waals surface area contributed by atoms with Crippen LogP contribution in [0.4, 0.5) is 5.13 Å². The highest BCUT2D eigenvalue weighted by atomic mass is 32.2. The van der Waals surface area contributed by atoms with Crippen molar-refractivity contribution in [1.82, 2.24) is 15.2 Å². The largest absolute Gasteiger partial charge is 0.477 e. The Morgan fingerprint density at radius 1 is 1.44 bits per heavy atom. The van der Waals surface area contributed by atoms with Crippen molar-refractivity contribution in [2.24, 2.45) is 5.16 Å². The first-order chi connectivity index (χ1) is 15.1. The molecule has 1 aromatic rings. The Hall–Kier alpha value is -3.39. The number of aliphatic carboxylic acids is 1. The lowest BCUT2D eigenvalue weighted by molar-refractivity contribution is -0.150. The number of carboxylic acid groups (broad SMARTS) is 1. The summed E-state index contributed by atoms with van der Waals surface area (Å²) in [6, 6.07) is -1.03. The molecule has 32 heavy (non-hydrogen) atoms. The van der Waals surface area contributed by atoms with Crippen molar-refractivity contribution >= 4 is 57.7 Å². The first-order valence-electron chi connectivity index (χ1n) is 9.10. The molecule has 2 atom stereocenters. The number of ether oxygens (including phenoxy) is 1. The SMILES string of the molecule is CC(C)=CC(=O)OCC1=C(C(=O)O)N2C(=O)[C@@H](NC(=O)/C(=N\O)c3cnc(N)s3)[C@H]2SC1. The minimum atomic E-state index is -1.35. The van der Waals surface area contributed by atoms with E-state index in [2.05, 4.69) is 15.5 Å². The third-order valence-corrected chi connectivity index (χ3v) is 6.58. The molecule has 2 amide bonds. The van der Waals surface area contributed by atoms with Gasteiger partial charge < -0.3 is 26.1 Å². The summed E-state index contributed by atoms with van der Waals surface area (Å²) in [5, 5.41) is 23.7. The molecule has 5 N–H and O–H groups in total. The van der Waals surface area contributed by atoms with Gasteiger partial charge in [-0.3, -0.25) is 14.5 Å². The number of fused-ring (bicyclic) bond motifs is 1. The van der Waals surface area contributed by atoms with Crippen LogP contribution in [0.5, 0.6) is 0 Å². The number of nitrogens with zero attached hydrogens (tertiary/aromatic N) is 3. The maximum atomic E-state index is 12.7. The predicted molar refractivity (Wildman–Crippen MR) is 115 cm³/mol. The van der Waals surface area contributed by atoms with Crippen molar-refractivity contribution < 1.29 is 34.2 Å². The van der Waals surface area contributed by atoms with Crippen LogP contribution in [0.2, 0.25) is 0 Å². The fourth-order valence-corrected chi connectivity index (χ4v) is 5.04. The summed E-state index contributed by atoms with van der Waals surface area (Å²) in [7, 11) is 0. The minimum absolute atomic E-state index is 0.164. The van der Waals surface area contributed by atoms with Crippen LogP contribution in [-0.2, 0) is 23.9 Å². The Bertz CT molecular complexity index is 1070. The van der Waals surface area contributed by atoms with Gasteiger partial charge in [0.15, 0.2) is 10.8 Å². The highest BCUT2D eigenvalue weighted by Crippen LogP contribution is 2.40. The standard InChI is InChI=1S/C18H19N5O7S2/c1-7(2)3-10(24)30-5-8-6-31-16-12(15(26)23(16)13(8)17(27)28)21-14(25)11(22-29)9-4-20-18(19)32-9/h3-4,12,16,29H,5-6H2,1-2H3,(H2,19,20)(H,21,25)(H,27,28)/b22-11-/t12-,16-/m1/s1. The number of carboxylic acids is 1. The molecule has 14 heteroatoms. The number of nitrogens with one attached hydrogen (secondary N) is 1. The van der Waals surface area contributed by atoms with E-state index in [-0.39, 0.29) is 39.4 Å². The molecule has 3 rings (SSSR count). The number of anilines is 1. The zero-order valence-corrected chi connectivity index (χ0v) is 18.5. The molecule has 0 radical (unpaired) electrons. The van der Waals surface area contributed by atoms with Gasteiger partial charge in [0.1, 0.15) is 23.7 Å². The molecular weight excluding hydrogens is 462 g/mol. The Morgan fingerprint density at radius 3 is 2.72 bits per heavy atom. The highest BCUT2D eigenvalue weighted by Gasteiger charge is 2.54. The van der Waals surface area contributed by atoms with Gasteiger partial charge >= 0.3 is 11.9 Å². The molecule has 1 fully saturated rings. The number of β-lactam (4-membered cyclic amide) rings is 1. The van der Waals surface area contributed by atoms with Gasteiger partial charge in [-0.05, 0) is 13.8 Å². The molecule has 0 bridgehead atoms. The summed E-state index contributed by atoms with van der Waals surface area (Å²) in [6.07, 6.45) is 2.53. The number of allylic oxidation sites excluding steroid dienone is 1. The highest BCUT2D eigenvalue weighted by molar-refractivity contribution is 8.00. The number of carbonyl (C=O) groups excluding carboxylic acids is 3. The van der Waals surface area contributed by atoms with Crippen molar-refractivity contribution in [3.05, 3.63) is 34.0 Å². The summed E-state index contributed by atoms with van der Waals surface area (Å²) < 4.78 is 5.09. The number of amides is 2. The zero-order valence-electron chi connectivity index (χ0n) is 16.9. The van der Waals surface area contributed by atoms with Crippen LogP contribution < -0.4 is 11.1 Å². The fraction of sp³-hybridized carbons (Fsp3) is 0.333. The second-order valence-corrected chi connectivity index (χ2v) is 9.13. The van der Waals surface area contributed by atoms with Crippen molar-refractivity contribution in [3.8, 4) is 0 Å². The first-order valence-corrected chi connectivity index (χ1v) is 11.0. The lowest BCUT2D eigenvalue weighted by Gasteiger charge is -2.49. The monoisotopic (exact) mass is 481 g/mol. The molecule has 0 saturated carbocycles. The number of esters is 1. The van der Waals surface area contributed by atoms with Crippen LogP contribution in [0.3, 0.4) is 0 Å². The van der Waals surface area contributed by atoms with Crippen LogP contribution in [0.1, 0.15) is 18.7 Å². The van der Waals surface area contributed by atoms with E-state index in [9.17, 15) is 29.5 Å². The Labute approximate surface area is 189 Å².